The highest BCUT2D eigenvalue weighted by Crippen LogP contribution is 2.17. The molecule has 1 aromatic heterocycles. The molecule has 5 nitrogen and oxygen atoms in total. The molecule has 2 N–H and O–H groups in total. The second-order valence-corrected chi connectivity index (χ2v) is 4.37. The van der Waals surface area contributed by atoms with E-state index in [-0.39, 0.29) is 0 Å². The Morgan fingerprint density at radius 3 is 2.83 bits per heavy atom. The van der Waals surface area contributed by atoms with E-state index >= 15 is 0 Å². The van der Waals surface area contributed by atoms with Crippen LogP contribution >= 0.6 is 0 Å². The van der Waals surface area contributed by atoms with Gasteiger partial charge in [0.1, 0.15) is 5.82 Å². The third kappa shape index (κ3) is 2.61. The molecule has 5 heteroatoms. The van der Waals surface area contributed by atoms with Crippen LogP contribution in [0.25, 0.3) is 0 Å². The van der Waals surface area contributed by atoms with Crippen LogP contribution in [0.5, 0.6) is 0 Å². The Hall–Kier alpha value is -2.04. The van der Waals surface area contributed by atoms with Crippen LogP contribution in [0.3, 0.4) is 0 Å². The highest BCUT2D eigenvalue weighted by Gasteiger charge is 2.10. The van der Waals surface area contributed by atoms with Gasteiger partial charge in [0.15, 0.2) is 0 Å². The predicted octanol–water partition coefficient (Wildman–Crippen LogP) is 1.91. The molecule has 18 heavy (non-hydrogen) atoms. The lowest BCUT2D eigenvalue weighted by molar-refractivity contribution is 0.573. The summed E-state index contributed by atoms with van der Waals surface area (Å²) in [6, 6.07) is 7.91. The Labute approximate surface area is 107 Å². The molecule has 0 spiro atoms. The van der Waals surface area contributed by atoms with Gasteiger partial charge in [0.2, 0.25) is 0 Å². The van der Waals surface area contributed by atoms with Crippen molar-refractivity contribution in [2.24, 2.45) is 0 Å². The number of hydrogen-bond donors (Lipinski definition) is 1. The number of nitrogen functional groups attached to an aromatic ring is 1. The van der Waals surface area contributed by atoms with Crippen LogP contribution < -0.4 is 10.6 Å². The van der Waals surface area contributed by atoms with E-state index in [4.69, 9.17) is 5.73 Å². The lowest BCUT2D eigenvalue weighted by atomic mass is 10.2. The molecule has 0 aliphatic heterocycles. The minimum Gasteiger partial charge on any atom is -0.398 e. The molecule has 1 aromatic carbocycles. The van der Waals surface area contributed by atoms with Crippen LogP contribution in [0.1, 0.15) is 18.9 Å². The molecule has 1 heterocycles. The molecule has 0 saturated heterocycles. The number of nitrogens with two attached hydrogens (primary N) is 1. The van der Waals surface area contributed by atoms with Gasteiger partial charge in [-0.3, -0.25) is 0 Å². The molecular weight excluding hydrogens is 226 g/mol. The molecule has 0 aliphatic carbocycles. The summed E-state index contributed by atoms with van der Waals surface area (Å²) in [7, 11) is 2.03. The number of aromatic nitrogens is 3. The van der Waals surface area contributed by atoms with Gasteiger partial charge < -0.3 is 10.6 Å². The largest absolute Gasteiger partial charge is 0.398 e. The van der Waals surface area contributed by atoms with Crippen molar-refractivity contribution in [1.82, 2.24) is 15.0 Å². The first-order valence-electron chi connectivity index (χ1n) is 6.15. The SMILES string of the molecule is CCCn1nncc1N(C)Cc1ccccc1N. The number of anilines is 2. The number of aryl methyl sites for hydroxylation is 1. The standard InChI is InChI=1S/C13H19N5/c1-3-8-18-13(9-15-16-18)17(2)10-11-6-4-5-7-12(11)14/h4-7,9H,3,8,10,14H2,1-2H3. The van der Waals surface area contributed by atoms with E-state index in [1.807, 2.05) is 36.0 Å². The van der Waals surface area contributed by atoms with Gasteiger partial charge in [0.25, 0.3) is 0 Å². The van der Waals surface area contributed by atoms with Gasteiger partial charge in [-0.2, -0.15) is 0 Å². The number of rotatable bonds is 5. The third-order valence-electron chi connectivity index (χ3n) is 2.89. The normalized spacial score (nSPS) is 10.6. The Kier molecular flexibility index (Phi) is 3.82. The van der Waals surface area contributed by atoms with Gasteiger partial charge in [-0.15, -0.1) is 5.10 Å². The Morgan fingerprint density at radius 2 is 2.11 bits per heavy atom. The predicted molar refractivity (Wildman–Crippen MR) is 73.3 cm³/mol. The van der Waals surface area contributed by atoms with Crippen LogP contribution in [-0.2, 0) is 13.1 Å². The number of para-hydroxylation sites is 1. The van der Waals surface area contributed by atoms with E-state index in [9.17, 15) is 0 Å². The minimum absolute atomic E-state index is 0.754. The van der Waals surface area contributed by atoms with Gasteiger partial charge in [-0.05, 0) is 18.1 Å². The van der Waals surface area contributed by atoms with E-state index in [0.717, 1.165) is 36.6 Å². The maximum Gasteiger partial charge on any atom is 0.147 e. The van der Waals surface area contributed by atoms with Crippen LogP contribution in [0.4, 0.5) is 11.5 Å². The van der Waals surface area contributed by atoms with Crippen molar-refractivity contribution in [3.8, 4) is 0 Å². The molecule has 0 aliphatic rings. The summed E-state index contributed by atoms with van der Waals surface area (Å²) in [5.41, 5.74) is 7.89. The molecule has 0 fully saturated rings. The molecule has 2 aromatic rings. The molecule has 0 bridgehead atoms. The summed E-state index contributed by atoms with van der Waals surface area (Å²) in [6.45, 7) is 3.76. The van der Waals surface area contributed by atoms with Crippen molar-refractivity contribution in [2.75, 3.05) is 17.7 Å². The maximum absolute atomic E-state index is 5.95. The topological polar surface area (TPSA) is 60.0 Å². The van der Waals surface area contributed by atoms with E-state index in [2.05, 4.69) is 22.1 Å². The Morgan fingerprint density at radius 1 is 1.33 bits per heavy atom. The summed E-state index contributed by atoms with van der Waals surface area (Å²) < 4.78 is 1.92. The molecular formula is C13H19N5. The van der Waals surface area contributed by atoms with Gasteiger partial charge >= 0.3 is 0 Å². The smallest absolute Gasteiger partial charge is 0.147 e. The van der Waals surface area contributed by atoms with Crippen molar-refractivity contribution in [1.29, 1.82) is 0 Å². The van der Waals surface area contributed by atoms with Crippen molar-refractivity contribution in [2.45, 2.75) is 26.4 Å². The maximum atomic E-state index is 5.95. The van der Waals surface area contributed by atoms with Crippen LogP contribution in [-0.4, -0.2) is 22.0 Å². The van der Waals surface area contributed by atoms with E-state index in [1.165, 1.54) is 0 Å². The molecule has 0 radical (unpaired) electrons. The van der Waals surface area contributed by atoms with Gasteiger partial charge in [-0.25, -0.2) is 4.68 Å². The highest BCUT2D eigenvalue weighted by molar-refractivity contribution is 5.49. The first-order chi connectivity index (χ1) is 8.72. The summed E-state index contributed by atoms with van der Waals surface area (Å²) >= 11 is 0. The van der Waals surface area contributed by atoms with Crippen LogP contribution in [0.2, 0.25) is 0 Å². The van der Waals surface area contributed by atoms with Crippen LogP contribution in [0.15, 0.2) is 30.5 Å². The fourth-order valence-electron chi connectivity index (χ4n) is 1.93. The summed E-state index contributed by atoms with van der Waals surface area (Å²) in [6.07, 6.45) is 2.83. The van der Waals surface area contributed by atoms with Crippen LogP contribution in [0, 0.1) is 0 Å². The molecule has 0 atom stereocenters. The van der Waals surface area contributed by atoms with Crippen molar-refractivity contribution in [3.05, 3.63) is 36.0 Å². The lowest BCUT2D eigenvalue weighted by Gasteiger charge is -2.20. The zero-order chi connectivity index (χ0) is 13.0. The zero-order valence-electron chi connectivity index (χ0n) is 10.9. The lowest BCUT2D eigenvalue weighted by Crippen LogP contribution is -2.21. The third-order valence-corrected chi connectivity index (χ3v) is 2.89. The van der Waals surface area contributed by atoms with Gasteiger partial charge in [0.05, 0.1) is 6.20 Å². The Balaban J connectivity index is 2.14. The zero-order valence-corrected chi connectivity index (χ0v) is 10.9. The monoisotopic (exact) mass is 245 g/mol. The minimum atomic E-state index is 0.754. The fourth-order valence-corrected chi connectivity index (χ4v) is 1.93. The van der Waals surface area contributed by atoms with E-state index < -0.39 is 0 Å². The quantitative estimate of drug-likeness (QED) is 0.817. The molecule has 2 rings (SSSR count). The molecule has 0 unspecified atom stereocenters. The van der Waals surface area contributed by atoms with E-state index in [1.54, 1.807) is 6.20 Å². The number of nitrogens with zero attached hydrogens (tertiary/aromatic N) is 4. The summed E-state index contributed by atoms with van der Waals surface area (Å²) in [4.78, 5) is 2.11. The number of benzene rings is 1. The fraction of sp³-hybridized carbons (Fsp3) is 0.385. The van der Waals surface area contributed by atoms with Gasteiger partial charge in [0, 0.05) is 25.8 Å². The molecule has 0 amide bonds. The average Bonchev–Trinajstić information content (AvgIpc) is 2.81. The van der Waals surface area contributed by atoms with Crippen molar-refractivity contribution < 1.29 is 0 Å². The average molecular weight is 245 g/mol. The Bertz CT molecular complexity index is 506. The second-order valence-electron chi connectivity index (χ2n) is 4.37. The molecule has 96 valence electrons. The molecule has 0 saturated carbocycles. The summed E-state index contributed by atoms with van der Waals surface area (Å²) in [5.74, 6) is 1.01. The van der Waals surface area contributed by atoms with Crippen molar-refractivity contribution in [3.63, 3.8) is 0 Å². The van der Waals surface area contributed by atoms with Gasteiger partial charge in [-0.1, -0.05) is 30.3 Å². The van der Waals surface area contributed by atoms with E-state index in [0.29, 0.717) is 0 Å². The van der Waals surface area contributed by atoms with Crippen molar-refractivity contribution >= 4 is 11.5 Å². The number of hydrogen-bond acceptors (Lipinski definition) is 4. The first-order valence-corrected chi connectivity index (χ1v) is 6.15. The highest BCUT2D eigenvalue weighted by atomic mass is 15.5. The first kappa shape index (κ1) is 12.4. The second kappa shape index (κ2) is 5.53. The summed E-state index contributed by atoms with van der Waals surface area (Å²) in [5, 5.41) is 8.05.